The summed E-state index contributed by atoms with van der Waals surface area (Å²) in [5, 5.41) is 25.2. The van der Waals surface area contributed by atoms with Gasteiger partial charge in [0, 0.05) is 12.1 Å². The molecule has 1 amide bonds. The van der Waals surface area contributed by atoms with Crippen LogP contribution < -0.4 is 14.8 Å². The Hall–Kier alpha value is -3.72. The van der Waals surface area contributed by atoms with Crippen molar-refractivity contribution in [3.8, 4) is 23.0 Å². The zero-order valence-electron chi connectivity index (χ0n) is 25.6. The van der Waals surface area contributed by atoms with Crippen LogP contribution in [0.4, 0.5) is 11.4 Å². The number of non-ortho nitro benzene ring substituents is 1. The van der Waals surface area contributed by atoms with Gasteiger partial charge in [-0.05, 0) is 77.3 Å². The summed E-state index contributed by atoms with van der Waals surface area (Å²) in [5.74, 6) is 2.54. The van der Waals surface area contributed by atoms with Crippen LogP contribution in [-0.4, -0.2) is 34.0 Å². The highest BCUT2D eigenvalue weighted by Crippen LogP contribution is 2.40. The Morgan fingerprint density at radius 3 is 2.07 bits per heavy atom. The van der Waals surface area contributed by atoms with Gasteiger partial charge in [-0.25, -0.2) is 0 Å². The fraction of sp³-hybridized carbons (Fsp3) is 0.424. The molecule has 0 saturated heterocycles. The molecule has 9 heteroatoms. The number of thioether (sulfide) groups is 1. The first-order chi connectivity index (χ1) is 19.7. The summed E-state index contributed by atoms with van der Waals surface area (Å²) in [6.07, 6.45) is 1.70. The summed E-state index contributed by atoms with van der Waals surface area (Å²) in [6.45, 7) is 15.0. The molecule has 3 aromatic carbocycles. The fourth-order valence-electron chi connectivity index (χ4n) is 4.45. The van der Waals surface area contributed by atoms with Crippen molar-refractivity contribution in [2.24, 2.45) is 0 Å². The molecule has 0 heterocycles. The summed E-state index contributed by atoms with van der Waals surface area (Å²) in [5.41, 5.74) is 2.81. The van der Waals surface area contributed by atoms with Crippen molar-refractivity contribution in [2.75, 3.05) is 23.4 Å². The van der Waals surface area contributed by atoms with Crippen molar-refractivity contribution in [3.05, 3.63) is 81.4 Å². The number of anilines is 1. The first-order valence-corrected chi connectivity index (χ1v) is 15.3. The number of carbonyl (C=O) groups is 1. The van der Waals surface area contributed by atoms with E-state index in [9.17, 15) is 20.0 Å². The molecular formula is C33H42N2O6S. The van der Waals surface area contributed by atoms with Gasteiger partial charge in [0.1, 0.15) is 23.0 Å². The van der Waals surface area contributed by atoms with Crippen LogP contribution in [0.1, 0.15) is 71.6 Å². The summed E-state index contributed by atoms with van der Waals surface area (Å²) in [6, 6.07) is 15.3. The number of rotatable bonds is 12. The number of benzene rings is 3. The second-order valence-corrected chi connectivity index (χ2v) is 13.3. The Kier molecular flexibility index (Phi) is 10.9. The van der Waals surface area contributed by atoms with Gasteiger partial charge in [-0.3, -0.25) is 14.9 Å². The van der Waals surface area contributed by atoms with Crippen molar-refractivity contribution in [1.82, 2.24) is 0 Å². The van der Waals surface area contributed by atoms with Crippen molar-refractivity contribution in [3.63, 3.8) is 0 Å². The van der Waals surface area contributed by atoms with E-state index in [-0.39, 0.29) is 33.9 Å². The lowest BCUT2D eigenvalue weighted by Crippen LogP contribution is -2.18. The van der Waals surface area contributed by atoms with Gasteiger partial charge >= 0.3 is 0 Å². The number of hydrogen-bond donors (Lipinski definition) is 2. The second-order valence-electron chi connectivity index (χ2n) is 12.2. The van der Waals surface area contributed by atoms with Gasteiger partial charge in [0.05, 0.1) is 29.0 Å². The molecule has 2 N–H and O–H groups in total. The molecule has 0 saturated carbocycles. The zero-order valence-corrected chi connectivity index (χ0v) is 26.4. The Balaban J connectivity index is 1.58. The molecule has 0 atom stereocenters. The standard InChI is InChI=1S/C33H42N2O6S/c1-8-40-25-11-13-26(14-12-25)41-27-19-23(18-24(20-27)35(38)39)34-30(36)21-42-15-9-10-22-16-28(32(2,3)4)31(37)29(17-22)33(5,6)7/h11-14,16-20,37H,8-10,15,21H2,1-7H3,(H,34,36). The molecule has 42 heavy (non-hydrogen) atoms. The molecule has 0 radical (unpaired) electrons. The molecule has 0 unspecified atom stereocenters. The van der Waals surface area contributed by atoms with Crippen LogP contribution in [0.15, 0.2) is 54.6 Å². The van der Waals surface area contributed by atoms with E-state index < -0.39 is 4.92 Å². The SMILES string of the molecule is CCOc1ccc(Oc2cc(NC(=O)CSCCCc3cc(C(C)(C)C)c(O)c(C(C)(C)C)c3)cc([N+](=O)[O-])c2)cc1. The van der Waals surface area contributed by atoms with E-state index in [1.54, 1.807) is 30.3 Å². The van der Waals surface area contributed by atoms with Gasteiger partial charge in [-0.15, -0.1) is 0 Å². The summed E-state index contributed by atoms with van der Waals surface area (Å²) in [4.78, 5) is 23.6. The van der Waals surface area contributed by atoms with E-state index >= 15 is 0 Å². The molecule has 226 valence electrons. The average molecular weight is 595 g/mol. The van der Waals surface area contributed by atoms with E-state index in [0.29, 0.717) is 29.5 Å². The monoisotopic (exact) mass is 594 g/mol. The van der Waals surface area contributed by atoms with E-state index in [1.165, 1.54) is 29.5 Å². The Morgan fingerprint density at radius 2 is 1.52 bits per heavy atom. The largest absolute Gasteiger partial charge is 0.507 e. The number of nitrogens with one attached hydrogen (secondary N) is 1. The smallest absolute Gasteiger partial charge is 0.275 e. The number of aryl methyl sites for hydroxylation is 1. The van der Waals surface area contributed by atoms with Gasteiger partial charge in [-0.1, -0.05) is 53.7 Å². The van der Waals surface area contributed by atoms with Crippen LogP contribution in [0.5, 0.6) is 23.0 Å². The highest BCUT2D eigenvalue weighted by molar-refractivity contribution is 7.99. The molecule has 0 bridgehead atoms. The van der Waals surface area contributed by atoms with Gasteiger partial charge in [0.15, 0.2) is 0 Å². The number of phenolic OH excluding ortho intramolecular Hbond substituents is 1. The van der Waals surface area contributed by atoms with Crippen LogP contribution in [0.25, 0.3) is 0 Å². The van der Waals surface area contributed by atoms with Crippen LogP contribution in [-0.2, 0) is 22.0 Å². The van der Waals surface area contributed by atoms with Crippen LogP contribution in [0.2, 0.25) is 0 Å². The zero-order chi connectivity index (χ0) is 31.1. The lowest BCUT2D eigenvalue weighted by molar-refractivity contribution is -0.384. The van der Waals surface area contributed by atoms with E-state index in [2.05, 4.69) is 59.0 Å². The molecule has 0 aromatic heterocycles. The average Bonchev–Trinajstić information content (AvgIpc) is 2.89. The number of phenols is 1. The van der Waals surface area contributed by atoms with Crippen molar-refractivity contribution < 1.29 is 24.3 Å². The Labute approximate surface area is 253 Å². The lowest BCUT2D eigenvalue weighted by Gasteiger charge is -2.28. The number of carbonyl (C=O) groups excluding carboxylic acids is 1. The van der Waals surface area contributed by atoms with Crippen LogP contribution in [0, 0.1) is 10.1 Å². The predicted octanol–water partition coefficient (Wildman–Crippen LogP) is 8.39. The van der Waals surface area contributed by atoms with E-state index in [0.717, 1.165) is 29.7 Å². The highest BCUT2D eigenvalue weighted by Gasteiger charge is 2.26. The maximum atomic E-state index is 12.7. The van der Waals surface area contributed by atoms with E-state index in [4.69, 9.17) is 9.47 Å². The highest BCUT2D eigenvalue weighted by atomic mass is 32.2. The lowest BCUT2D eigenvalue weighted by atomic mass is 9.78. The number of aromatic hydroxyl groups is 1. The predicted molar refractivity (Wildman–Crippen MR) is 171 cm³/mol. The third-order valence-corrected chi connectivity index (χ3v) is 7.57. The summed E-state index contributed by atoms with van der Waals surface area (Å²) in [7, 11) is 0. The van der Waals surface area contributed by atoms with Crippen molar-refractivity contribution >= 4 is 29.0 Å². The van der Waals surface area contributed by atoms with Crippen molar-refractivity contribution in [2.45, 2.75) is 72.1 Å². The van der Waals surface area contributed by atoms with Gasteiger partial charge < -0.3 is 19.9 Å². The molecule has 0 aliphatic carbocycles. The molecule has 0 fully saturated rings. The molecule has 3 rings (SSSR count). The number of amides is 1. The second kappa shape index (κ2) is 14.0. The van der Waals surface area contributed by atoms with Crippen LogP contribution in [0.3, 0.4) is 0 Å². The number of nitro benzene ring substituents is 1. The topological polar surface area (TPSA) is 111 Å². The number of ether oxygens (including phenoxy) is 2. The minimum Gasteiger partial charge on any atom is -0.507 e. The minimum absolute atomic E-state index is 0.181. The first-order valence-electron chi connectivity index (χ1n) is 14.1. The summed E-state index contributed by atoms with van der Waals surface area (Å²) < 4.78 is 11.2. The van der Waals surface area contributed by atoms with Gasteiger partial charge in [0.2, 0.25) is 5.91 Å². The van der Waals surface area contributed by atoms with Crippen LogP contribution >= 0.6 is 11.8 Å². The molecule has 3 aromatic rings. The molecule has 0 spiro atoms. The fourth-order valence-corrected chi connectivity index (χ4v) is 5.20. The first kappa shape index (κ1) is 32.8. The van der Waals surface area contributed by atoms with E-state index in [1.807, 2.05) is 6.92 Å². The quantitative estimate of drug-likeness (QED) is 0.123. The Bertz CT molecular complexity index is 1360. The Morgan fingerprint density at radius 1 is 0.929 bits per heavy atom. The normalized spacial score (nSPS) is 11.7. The third-order valence-electron chi connectivity index (χ3n) is 6.53. The molecule has 0 aliphatic heterocycles. The number of hydrogen-bond acceptors (Lipinski definition) is 7. The molecule has 0 aliphatic rings. The summed E-state index contributed by atoms with van der Waals surface area (Å²) >= 11 is 1.51. The van der Waals surface area contributed by atoms with Crippen molar-refractivity contribution in [1.29, 1.82) is 0 Å². The van der Waals surface area contributed by atoms with Gasteiger partial charge in [0.25, 0.3) is 5.69 Å². The molecule has 8 nitrogen and oxygen atoms in total. The maximum Gasteiger partial charge on any atom is 0.275 e. The van der Waals surface area contributed by atoms with Gasteiger partial charge in [-0.2, -0.15) is 11.8 Å². The minimum atomic E-state index is -0.519. The number of nitrogens with zero attached hydrogens (tertiary/aromatic N) is 1. The maximum absolute atomic E-state index is 12.7. The third kappa shape index (κ3) is 9.41. The number of nitro groups is 1. The molecular weight excluding hydrogens is 552 g/mol.